The average molecular weight is 411 g/mol. The topological polar surface area (TPSA) is 64.6 Å². The number of hydrogen-bond acceptors (Lipinski definition) is 4. The second-order valence-electron chi connectivity index (χ2n) is 6.96. The smallest absolute Gasteiger partial charge is 0.310 e. The van der Waals surface area contributed by atoms with Crippen LogP contribution in [0, 0.1) is 0 Å². The third-order valence-corrected chi connectivity index (χ3v) is 4.70. The van der Waals surface area contributed by atoms with Crippen molar-refractivity contribution in [2.75, 3.05) is 11.9 Å². The van der Waals surface area contributed by atoms with Crippen LogP contribution in [0.3, 0.4) is 0 Å². The normalized spacial score (nSPS) is 10.5. The average Bonchev–Trinajstić information content (AvgIpc) is 2.80. The van der Waals surface area contributed by atoms with Crippen molar-refractivity contribution in [3.05, 3.63) is 103 Å². The summed E-state index contributed by atoms with van der Waals surface area (Å²) in [5.41, 5.74) is 1.47. The Morgan fingerprint density at radius 1 is 0.710 bits per heavy atom. The second kappa shape index (κ2) is 9.59. The van der Waals surface area contributed by atoms with Gasteiger partial charge in [-0.25, -0.2) is 0 Å². The van der Waals surface area contributed by atoms with E-state index in [9.17, 15) is 9.59 Å². The number of anilines is 1. The van der Waals surface area contributed by atoms with Crippen LogP contribution in [0.25, 0.3) is 10.8 Å². The summed E-state index contributed by atoms with van der Waals surface area (Å²) in [7, 11) is 0. The van der Waals surface area contributed by atoms with Crippen molar-refractivity contribution in [2.24, 2.45) is 0 Å². The van der Waals surface area contributed by atoms with Gasteiger partial charge in [0, 0.05) is 5.69 Å². The number of benzene rings is 4. The minimum atomic E-state index is -0.446. The van der Waals surface area contributed by atoms with Gasteiger partial charge in [-0.1, -0.05) is 60.7 Å². The lowest BCUT2D eigenvalue weighted by molar-refractivity contribution is -0.146. The zero-order valence-corrected chi connectivity index (χ0v) is 16.8. The van der Waals surface area contributed by atoms with E-state index in [1.54, 1.807) is 24.3 Å². The number of ether oxygens (including phenoxy) is 2. The first-order valence-corrected chi connectivity index (χ1v) is 9.92. The van der Waals surface area contributed by atoms with Crippen molar-refractivity contribution in [1.82, 2.24) is 0 Å². The highest BCUT2D eigenvalue weighted by Crippen LogP contribution is 2.23. The maximum absolute atomic E-state index is 12.2. The number of hydrogen-bond donors (Lipinski definition) is 1. The molecule has 4 aromatic carbocycles. The number of esters is 1. The molecule has 0 saturated heterocycles. The molecule has 0 aromatic heterocycles. The van der Waals surface area contributed by atoms with E-state index in [2.05, 4.69) is 5.32 Å². The molecular weight excluding hydrogens is 390 g/mol. The van der Waals surface area contributed by atoms with Crippen LogP contribution in [0.5, 0.6) is 11.5 Å². The molecule has 154 valence electrons. The molecule has 0 radical (unpaired) electrons. The van der Waals surface area contributed by atoms with Gasteiger partial charge in [-0.05, 0) is 52.7 Å². The van der Waals surface area contributed by atoms with Gasteiger partial charge in [0.1, 0.15) is 11.5 Å². The minimum absolute atomic E-state index is 0.111. The summed E-state index contributed by atoms with van der Waals surface area (Å²) in [5.74, 6) is 0.546. The van der Waals surface area contributed by atoms with Gasteiger partial charge in [0.25, 0.3) is 5.91 Å². The number of nitrogens with one attached hydrogen (secondary N) is 1. The van der Waals surface area contributed by atoms with Crippen molar-refractivity contribution < 1.29 is 19.1 Å². The van der Waals surface area contributed by atoms with Gasteiger partial charge in [0.2, 0.25) is 0 Å². The summed E-state index contributed by atoms with van der Waals surface area (Å²) in [6.45, 7) is -0.341. The highest BCUT2D eigenvalue weighted by Gasteiger charge is 2.11. The van der Waals surface area contributed by atoms with E-state index >= 15 is 0 Å². The van der Waals surface area contributed by atoms with Crippen LogP contribution in [0.2, 0.25) is 0 Å². The van der Waals surface area contributed by atoms with E-state index < -0.39 is 11.9 Å². The van der Waals surface area contributed by atoms with Crippen molar-refractivity contribution in [3.8, 4) is 11.5 Å². The van der Waals surface area contributed by atoms with Crippen LogP contribution in [0.4, 0.5) is 5.69 Å². The van der Waals surface area contributed by atoms with E-state index in [4.69, 9.17) is 9.47 Å². The monoisotopic (exact) mass is 411 g/mol. The molecule has 0 spiro atoms. The largest absolute Gasteiger partial charge is 0.457 e. The lowest BCUT2D eigenvalue weighted by Gasteiger charge is -2.09. The molecule has 0 fully saturated rings. The molecule has 5 heteroatoms. The zero-order valence-electron chi connectivity index (χ0n) is 16.8. The molecule has 0 bridgehead atoms. The lowest BCUT2D eigenvalue weighted by atomic mass is 10.0. The van der Waals surface area contributed by atoms with E-state index in [-0.39, 0.29) is 13.0 Å². The minimum Gasteiger partial charge on any atom is -0.457 e. The van der Waals surface area contributed by atoms with Crippen LogP contribution >= 0.6 is 0 Å². The van der Waals surface area contributed by atoms with Gasteiger partial charge in [0.05, 0.1) is 6.42 Å². The van der Waals surface area contributed by atoms with Gasteiger partial charge in [-0.15, -0.1) is 0 Å². The molecule has 1 N–H and O–H groups in total. The number of carbonyl (C=O) groups is 2. The van der Waals surface area contributed by atoms with Crippen LogP contribution < -0.4 is 10.1 Å². The quantitative estimate of drug-likeness (QED) is 0.416. The van der Waals surface area contributed by atoms with Crippen molar-refractivity contribution >= 4 is 28.3 Å². The molecule has 0 aliphatic rings. The van der Waals surface area contributed by atoms with Crippen LogP contribution in [0.15, 0.2) is 97.1 Å². The Labute approximate surface area is 180 Å². The zero-order chi connectivity index (χ0) is 21.5. The van der Waals surface area contributed by atoms with E-state index in [0.29, 0.717) is 11.4 Å². The fourth-order valence-corrected chi connectivity index (χ4v) is 3.23. The first-order valence-electron chi connectivity index (χ1n) is 9.92. The van der Waals surface area contributed by atoms with Crippen LogP contribution in [0.1, 0.15) is 5.56 Å². The molecule has 1 amide bonds. The number of fused-ring (bicyclic) bond motifs is 1. The first kappa shape index (κ1) is 20.2. The molecule has 0 unspecified atom stereocenters. The molecule has 0 heterocycles. The first-order chi connectivity index (χ1) is 15.2. The maximum Gasteiger partial charge on any atom is 0.310 e. The molecular formula is C26H21NO4. The second-order valence-corrected chi connectivity index (χ2v) is 6.96. The molecule has 5 nitrogen and oxygen atoms in total. The summed E-state index contributed by atoms with van der Waals surface area (Å²) in [5, 5.41) is 4.77. The summed E-state index contributed by atoms with van der Waals surface area (Å²) in [6.07, 6.45) is 0.111. The van der Waals surface area contributed by atoms with Gasteiger partial charge in [-0.2, -0.15) is 0 Å². The SMILES string of the molecule is O=C(COC(=O)Cc1cccc2ccccc12)Nc1ccc(Oc2ccccc2)cc1. The van der Waals surface area contributed by atoms with Crippen LogP contribution in [-0.4, -0.2) is 18.5 Å². The van der Waals surface area contributed by atoms with E-state index in [1.165, 1.54) is 0 Å². The maximum atomic E-state index is 12.2. The molecule has 0 aliphatic carbocycles. The molecule has 0 aliphatic heterocycles. The molecule has 31 heavy (non-hydrogen) atoms. The highest BCUT2D eigenvalue weighted by atomic mass is 16.5. The number of para-hydroxylation sites is 1. The predicted octanol–water partition coefficient (Wildman–Crippen LogP) is 5.36. The molecule has 4 rings (SSSR count). The Morgan fingerprint density at radius 2 is 1.39 bits per heavy atom. The van der Waals surface area contributed by atoms with Crippen molar-refractivity contribution in [3.63, 3.8) is 0 Å². The third-order valence-electron chi connectivity index (χ3n) is 4.70. The van der Waals surface area contributed by atoms with Gasteiger partial charge < -0.3 is 14.8 Å². The standard InChI is InChI=1S/C26H21NO4/c28-25(27-21-13-15-23(16-14-21)31-22-10-2-1-3-11-22)18-30-26(29)17-20-9-6-8-19-7-4-5-12-24(19)20/h1-16H,17-18H2,(H,27,28). The summed E-state index contributed by atoms with van der Waals surface area (Å²) < 4.78 is 10.9. The highest BCUT2D eigenvalue weighted by molar-refractivity contribution is 5.93. The molecule has 0 saturated carbocycles. The van der Waals surface area contributed by atoms with Crippen molar-refractivity contribution in [1.29, 1.82) is 0 Å². The van der Waals surface area contributed by atoms with E-state index in [1.807, 2.05) is 72.8 Å². The van der Waals surface area contributed by atoms with Gasteiger partial charge in [0.15, 0.2) is 6.61 Å². The summed E-state index contributed by atoms with van der Waals surface area (Å²) in [6, 6.07) is 30.0. The number of carbonyl (C=O) groups excluding carboxylic acids is 2. The van der Waals surface area contributed by atoms with E-state index in [0.717, 1.165) is 22.1 Å². The Morgan fingerprint density at radius 3 is 2.19 bits per heavy atom. The van der Waals surface area contributed by atoms with Gasteiger partial charge >= 0.3 is 5.97 Å². The fraction of sp³-hybridized carbons (Fsp3) is 0.0769. The Hall–Kier alpha value is -4.12. The lowest BCUT2D eigenvalue weighted by Crippen LogP contribution is -2.21. The van der Waals surface area contributed by atoms with Crippen LogP contribution in [-0.2, 0) is 20.7 Å². The summed E-state index contributed by atoms with van der Waals surface area (Å²) >= 11 is 0. The molecule has 0 atom stereocenters. The van der Waals surface area contributed by atoms with Crippen molar-refractivity contribution in [2.45, 2.75) is 6.42 Å². The summed E-state index contributed by atoms with van der Waals surface area (Å²) in [4.78, 5) is 24.4. The Balaban J connectivity index is 1.27. The predicted molar refractivity (Wildman–Crippen MR) is 120 cm³/mol. The third kappa shape index (κ3) is 5.48. The number of rotatable bonds is 7. The fourth-order valence-electron chi connectivity index (χ4n) is 3.23. The Bertz CT molecular complexity index is 1180. The Kier molecular flexibility index (Phi) is 6.24. The molecule has 4 aromatic rings. The van der Waals surface area contributed by atoms with Gasteiger partial charge in [-0.3, -0.25) is 9.59 Å². The number of amides is 1.